The first kappa shape index (κ1) is 21.0. The summed E-state index contributed by atoms with van der Waals surface area (Å²) in [6.45, 7) is 6.07. The molecule has 0 saturated carbocycles. The molecule has 1 aromatic heterocycles. The third-order valence-electron chi connectivity index (χ3n) is 5.82. The number of benzene rings is 1. The maximum Gasteiger partial charge on any atom is 0.119 e. The number of hydrogen-bond acceptors (Lipinski definition) is 4. The number of aliphatic hydroxyl groups is 1. The highest BCUT2D eigenvalue weighted by atomic mass is 35.5. The summed E-state index contributed by atoms with van der Waals surface area (Å²) >= 11 is 0. The number of nitrogens with zero attached hydrogens (tertiary/aromatic N) is 2. The van der Waals surface area contributed by atoms with Crippen LogP contribution in [-0.4, -0.2) is 41.2 Å². The number of fused-ring (bicyclic) bond motifs is 4. The molecule has 3 saturated heterocycles. The second kappa shape index (κ2) is 8.57. The molecule has 2 aromatic rings. The lowest BCUT2D eigenvalue weighted by molar-refractivity contribution is -0.0444. The van der Waals surface area contributed by atoms with Gasteiger partial charge in [0, 0.05) is 24.2 Å². The van der Waals surface area contributed by atoms with E-state index in [1.807, 2.05) is 24.3 Å². The minimum atomic E-state index is -0.504. The normalized spacial score (nSPS) is 27.9. The highest BCUT2D eigenvalue weighted by Crippen LogP contribution is 2.42. The van der Waals surface area contributed by atoms with Crippen LogP contribution in [0, 0.1) is 11.8 Å². The largest absolute Gasteiger partial charge is 0.497 e. The number of methoxy groups -OCH3 is 1. The van der Waals surface area contributed by atoms with Crippen LogP contribution in [0.15, 0.2) is 43.1 Å². The fraction of sp³-hybridized carbons (Fsp3) is 0.450. The van der Waals surface area contributed by atoms with E-state index in [0.717, 1.165) is 41.7 Å². The Morgan fingerprint density at radius 1 is 1.35 bits per heavy atom. The molecule has 4 nitrogen and oxygen atoms in total. The Hall–Kier alpha value is -1.33. The Morgan fingerprint density at radius 3 is 2.81 bits per heavy atom. The van der Waals surface area contributed by atoms with Gasteiger partial charge in [-0.2, -0.15) is 0 Å². The first-order valence-corrected chi connectivity index (χ1v) is 8.68. The van der Waals surface area contributed by atoms with Gasteiger partial charge in [0.25, 0.3) is 0 Å². The summed E-state index contributed by atoms with van der Waals surface area (Å²) in [4.78, 5) is 6.86. The van der Waals surface area contributed by atoms with Gasteiger partial charge in [-0.15, -0.1) is 31.4 Å². The smallest absolute Gasteiger partial charge is 0.119 e. The second-order valence-corrected chi connectivity index (χ2v) is 6.97. The Morgan fingerprint density at radius 2 is 2.15 bits per heavy atom. The third kappa shape index (κ3) is 3.56. The van der Waals surface area contributed by atoms with Crippen molar-refractivity contribution in [1.29, 1.82) is 0 Å². The molecule has 2 bridgehead atoms. The van der Waals surface area contributed by atoms with Gasteiger partial charge in [-0.3, -0.25) is 9.88 Å². The number of aliphatic hydroxyl groups excluding tert-OH is 1. The fourth-order valence-corrected chi connectivity index (χ4v) is 4.44. The van der Waals surface area contributed by atoms with Crippen molar-refractivity contribution < 1.29 is 9.84 Å². The first-order valence-electron chi connectivity index (χ1n) is 8.68. The van der Waals surface area contributed by atoms with Gasteiger partial charge in [0.05, 0.1) is 18.7 Å². The van der Waals surface area contributed by atoms with E-state index in [0.29, 0.717) is 11.8 Å². The maximum absolute atomic E-state index is 11.2. The summed E-state index contributed by atoms with van der Waals surface area (Å²) in [6, 6.07) is 7.96. The van der Waals surface area contributed by atoms with Crippen LogP contribution < -0.4 is 4.74 Å². The van der Waals surface area contributed by atoms with Crippen LogP contribution in [0.5, 0.6) is 5.75 Å². The molecule has 3 aliphatic rings. The van der Waals surface area contributed by atoms with E-state index in [9.17, 15) is 5.11 Å². The average molecular weight is 397 g/mol. The topological polar surface area (TPSA) is 45.6 Å². The predicted octanol–water partition coefficient (Wildman–Crippen LogP) is 4.02. The Balaban J connectivity index is 0.00000121. The molecule has 5 rings (SSSR count). The van der Waals surface area contributed by atoms with Crippen molar-refractivity contribution in [2.24, 2.45) is 11.8 Å². The molecule has 0 amide bonds. The van der Waals surface area contributed by atoms with Crippen molar-refractivity contribution in [3.05, 3.63) is 48.7 Å². The zero-order chi connectivity index (χ0) is 16.7. The van der Waals surface area contributed by atoms with Gasteiger partial charge in [-0.25, -0.2) is 0 Å². The van der Waals surface area contributed by atoms with Crippen molar-refractivity contribution >= 4 is 35.7 Å². The van der Waals surface area contributed by atoms with Crippen molar-refractivity contribution in [3.63, 3.8) is 0 Å². The molecule has 1 N–H and O–H groups in total. The molecular formula is C20H26Cl2N2O2. The number of pyridine rings is 1. The average Bonchev–Trinajstić information content (AvgIpc) is 2.66. The molecule has 3 fully saturated rings. The quantitative estimate of drug-likeness (QED) is 0.792. The zero-order valence-corrected chi connectivity index (χ0v) is 16.5. The number of halogens is 2. The van der Waals surface area contributed by atoms with Crippen LogP contribution in [0.25, 0.3) is 10.9 Å². The summed E-state index contributed by atoms with van der Waals surface area (Å²) < 4.78 is 5.35. The van der Waals surface area contributed by atoms with Crippen LogP contribution >= 0.6 is 24.8 Å². The van der Waals surface area contributed by atoms with Crippen LogP contribution in [-0.2, 0) is 0 Å². The molecule has 1 aromatic carbocycles. The van der Waals surface area contributed by atoms with Gasteiger partial charge in [0.1, 0.15) is 5.75 Å². The molecule has 4 heterocycles. The zero-order valence-electron chi connectivity index (χ0n) is 14.9. The summed E-state index contributed by atoms with van der Waals surface area (Å²) in [7, 11) is 1.66. The molecule has 26 heavy (non-hydrogen) atoms. The molecule has 6 heteroatoms. The van der Waals surface area contributed by atoms with E-state index in [1.165, 1.54) is 6.42 Å². The van der Waals surface area contributed by atoms with E-state index in [4.69, 9.17) is 4.74 Å². The Labute approximate surface area is 167 Å². The molecule has 142 valence electrons. The van der Waals surface area contributed by atoms with Crippen molar-refractivity contribution in [3.8, 4) is 5.75 Å². The highest BCUT2D eigenvalue weighted by Gasteiger charge is 2.42. The molecule has 0 radical (unpaired) electrons. The second-order valence-electron chi connectivity index (χ2n) is 6.97. The molecule has 3 aliphatic heterocycles. The molecule has 0 aliphatic carbocycles. The van der Waals surface area contributed by atoms with Crippen LogP contribution in [0.4, 0.5) is 0 Å². The molecule has 0 spiro atoms. The van der Waals surface area contributed by atoms with E-state index >= 15 is 0 Å². The summed E-state index contributed by atoms with van der Waals surface area (Å²) in [5, 5.41) is 12.1. The number of hydrogen-bond donors (Lipinski definition) is 1. The summed E-state index contributed by atoms with van der Waals surface area (Å²) in [5.41, 5.74) is 1.85. The lowest BCUT2D eigenvalue weighted by atomic mass is 9.73. The maximum atomic E-state index is 11.2. The van der Waals surface area contributed by atoms with Crippen LogP contribution in [0.3, 0.4) is 0 Å². The van der Waals surface area contributed by atoms with Gasteiger partial charge in [0.15, 0.2) is 0 Å². The lowest BCUT2D eigenvalue weighted by Crippen LogP contribution is -2.54. The molecule has 2 unspecified atom stereocenters. The Bertz CT molecular complexity index is 771. The van der Waals surface area contributed by atoms with Crippen LogP contribution in [0.2, 0.25) is 0 Å². The van der Waals surface area contributed by atoms with Gasteiger partial charge < -0.3 is 9.84 Å². The molecule has 5 atom stereocenters. The first-order chi connectivity index (χ1) is 11.7. The monoisotopic (exact) mass is 396 g/mol. The van der Waals surface area contributed by atoms with Gasteiger partial charge in [-0.05, 0) is 61.1 Å². The van der Waals surface area contributed by atoms with Crippen molar-refractivity contribution in [1.82, 2.24) is 9.88 Å². The summed E-state index contributed by atoms with van der Waals surface area (Å²) in [5.74, 6) is 2.01. The number of rotatable bonds is 4. The number of ether oxygens (including phenoxy) is 1. The third-order valence-corrected chi connectivity index (χ3v) is 5.82. The van der Waals surface area contributed by atoms with E-state index in [-0.39, 0.29) is 30.9 Å². The molecular weight excluding hydrogens is 371 g/mol. The Kier molecular flexibility index (Phi) is 6.92. The van der Waals surface area contributed by atoms with E-state index in [1.54, 1.807) is 13.3 Å². The standard InChI is InChI=1S/C20H24N2O2.2ClH/c1-3-13-12-22-9-7-14(13)10-19(22)20(23)16-6-8-21-18-5-4-15(24-2)11-17(16)18;;/h3-6,8,11,13-14,19-20,23H,1,7,9-10,12H2,2H3;2*1H/t13-,14?,19+,20+;;/m1../s1. The predicted molar refractivity (Wildman–Crippen MR) is 110 cm³/mol. The lowest BCUT2D eigenvalue weighted by Gasteiger charge is -2.50. The number of aromatic nitrogens is 1. The minimum Gasteiger partial charge on any atom is -0.497 e. The fourth-order valence-electron chi connectivity index (χ4n) is 4.44. The van der Waals surface area contributed by atoms with Crippen molar-refractivity contribution in [2.75, 3.05) is 20.2 Å². The van der Waals surface area contributed by atoms with E-state index < -0.39 is 6.10 Å². The van der Waals surface area contributed by atoms with Crippen molar-refractivity contribution in [2.45, 2.75) is 25.0 Å². The number of piperidine rings is 3. The van der Waals surface area contributed by atoms with Gasteiger partial charge >= 0.3 is 0 Å². The van der Waals surface area contributed by atoms with Gasteiger partial charge in [0.2, 0.25) is 0 Å². The highest BCUT2D eigenvalue weighted by molar-refractivity contribution is 5.85. The van der Waals surface area contributed by atoms with Gasteiger partial charge in [-0.1, -0.05) is 6.08 Å². The van der Waals surface area contributed by atoms with Crippen LogP contribution in [0.1, 0.15) is 24.5 Å². The summed E-state index contributed by atoms with van der Waals surface area (Å²) in [6.07, 6.45) is 5.62. The minimum absolute atomic E-state index is 0. The SMILES string of the molecule is C=C[C@@H]1CN2CCC1C[C@H]2[C@@H](O)c1ccnc2ccc(OC)cc12.Cl.Cl. The van der Waals surface area contributed by atoms with E-state index in [2.05, 4.69) is 22.5 Å².